The zero-order valence-corrected chi connectivity index (χ0v) is 20.1. The predicted molar refractivity (Wildman–Crippen MR) is 118 cm³/mol. The Morgan fingerprint density at radius 1 is 0.500 bits per heavy atom. The van der Waals surface area contributed by atoms with E-state index in [1.807, 2.05) is 13.8 Å². The summed E-state index contributed by atoms with van der Waals surface area (Å²) >= 11 is 0. The first-order chi connectivity index (χ1) is 15.6. The van der Waals surface area contributed by atoms with E-state index < -0.39 is 0 Å². The summed E-state index contributed by atoms with van der Waals surface area (Å²) in [5.74, 6) is 0. The van der Waals surface area contributed by atoms with Gasteiger partial charge in [-0.25, -0.2) is 0 Å². The zero-order valence-electron chi connectivity index (χ0n) is 20.1. The van der Waals surface area contributed by atoms with Crippen molar-refractivity contribution in [3.05, 3.63) is 0 Å². The Morgan fingerprint density at radius 2 is 0.812 bits per heavy atom. The minimum Gasteiger partial charge on any atom is -0.394 e. The summed E-state index contributed by atoms with van der Waals surface area (Å²) in [6, 6.07) is 0. The monoisotopic (exact) mass is 474 g/mol. The van der Waals surface area contributed by atoms with Crippen LogP contribution in [-0.2, 0) is 37.9 Å². The number of rotatable bonds is 24. The topological polar surface area (TPSA) is 135 Å². The van der Waals surface area contributed by atoms with Crippen molar-refractivity contribution in [1.82, 2.24) is 0 Å². The summed E-state index contributed by atoms with van der Waals surface area (Å²) < 4.78 is 41.3. The van der Waals surface area contributed by atoms with Gasteiger partial charge in [0.2, 0.25) is 0 Å². The van der Waals surface area contributed by atoms with Crippen molar-refractivity contribution in [2.24, 2.45) is 0 Å². The van der Waals surface area contributed by atoms with E-state index in [2.05, 4.69) is 0 Å². The summed E-state index contributed by atoms with van der Waals surface area (Å²) in [5, 5.41) is 25.5. The van der Waals surface area contributed by atoms with Gasteiger partial charge in [0.1, 0.15) is 0 Å². The van der Waals surface area contributed by atoms with Gasteiger partial charge in [0.15, 0.2) is 0 Å². The smallest absolute Gasteiger partial charge is 0.0779 e. The SMILES string of the molecule is COC(C)COC(C)CO.OCCOCCOCCOCCOCCOCCOCCO. The van der Waals surface area contributed by atoms with Crippen LogP contribution in [0.4, 0.5) is 0 Å². The van der Waals surface area contributed by atoms with Crippen LogP contribution in [0.25, 0.3) is 0 Å². The van der Waals surface area contributed by atoms with E-state index in [1.165, 1.54) is 0 Å². The molecule has 0 fully saturated rings. The predicted octanol–water partition coefficient (Wildman–Crippen LogP) is -0.511. The molecule has 0 amide bonds. The molecule has 0 aliphatic rings. The van der Waals surface area contributed by atoms with E-state index in [4.69, 9.17) is 53.2 Å². The molecule has 0 saturated heterocycles. The second-order valence-corrected chi connectivity index (χ2v) is 6.49. The van der Waals surface area contributed by atoms with Crippen molar-refractivity contribution in [3.63, 3.8) is 0 Å². The molecule has 32 heavy (non-hydrogen) atoms. The lowest BCUT2D eigenvalue weighted by Gasteiger charge is -2.13. The molecule has 0 aromatic carbocycles. The Morgan fingerprint density at radius 3 is 1.06 bits per heavy atom. The van der Waals surface area contributed by atoms with Crippen LogP contribution in [0.3, 0.4) is 0 Å². The highest BCUT2D eigenvalue weighted by atomic mass is 16.6. The highest BCUT2D eigenvalue weighted by Gasteiger charge is 2.03. The van der Waals surface area contributed by atoms with Crippen molar-refractivity contribution in [3.8, 4) is 0 Å². The molecule has 0 aromatic heterocycles. The highest BCUT2D eigenvalue weighted by molar-refractivity contribution is 4.49. The summed E-state index contributed by atoms with van der Waals surface area (Å²) in [7, 11) is 1.64. The Bertz CT molecular complexity index is 294. The minimum atomic E-state index is -0.0856. The van der Waals surface area contributed by atoms with E-state index in [1.54, 1.807) is 7.11 Å². The highest BCUT2D eigenvalue weighted by Crippen LogP contribution is 1.93. The maximum Gasteiger partial charge on any atom is 0.0779 e. The molecule has 0 bridgehead atoms. The molecule has 196 valence electrons. The number of hydrogen-bond acceptors (Lipinski definition) is 11. The lowest BCUT2D eigenvalue weighted by atomic mass is 10.4. The number of methoxy groups -OCH3 is 1. The Labute approximate surface area is 192 Å². The van der Waals surface area contributed by atoms with Crippen molar-refractivity contribution < 1.29 is 53.2 Å². The van der Waals surface area contributed by atoms with Crippen LogP contribution in [0.1, 0.15) is 13.8 Å². The molecule has 11 nitrogen and oxygen atoms in total. The van der Waals surface area contributed by atoms with Gasteiger partial charge in [-0.05, 0) is 13.8 Å². The Kier molecular flexibility index (Phi) is 32.2. The summed E-state index contributed by atoms with van der Waals surface area (Å²) in [6.45, 7) is 10.2. The van der Waals surface area contributed by atoms with E-state index in [9.17, 15) is 0 Å². The summed E-state index contributed by atoms with van der Waals surface area (Å²) in [5.41, 5.74) is 0. The molecule has 0 aliphatic heterocycles. The Balaban J connectivity index is 0. The third kappa shape index (κ3) is 31.7. The van der Waals surface area contributed by atoms with Crippen molar-refractivity contribution in [1.29, 1.82) is 0 Å². The molecule has 0 heterocycles. The molecule has 0 spiro atoms. The van der Waals surface area contributed by atoms with Crippen molar-refractivity contribution in [2.75, 3.05) is 113 Å². The maximum atomic E-state index is 8.55. The van der Waals surface area contributed by atoms with Gasteiger partial charge in [-0.2, -0.15) is 0 Å². The van der Waals surface area contributed by atoms with E-state index >= 15 is 0 Å². The van der Waals surface area contributed by atoms with Crippen LogP contribution < -0.4 is 0 Å². The molecular formula is C21H46O11. The first kappa shape index (κ1) is 33.7. The van der Waals surface area contributed by atoms with Gasteiger partial charge in [0.05, 0.1) is 118 Å². The third-order valence-corrected chi connectivity index (χ3v) is 3.61. The quantitative estimate of drug-likeness (QED) is 0.156. The molecule has 2 atom stereocenters. The molecule has 0 aromatic rings. The van der Waals surface area contributed by atoms with Crippen LogP contribution >= 0.6 is 0 Å². The molecule has 0 rings (SSSR count). The summed E-state index contributed by atoms with van der Waals surface area (Å²) in [4.78, 5) is 0. The Hall–Kier alpha value is -0.440. The molecule has 11 heteroatoms. The van der Waals surface area contributed by atoms with Gasteiger partial charge in [-0.3, -0.25) is 0 Å². The fraction of sp³-hybridized carbons (Fsp3) is 1.00. The second kappa shape index (κ2) is 30.6. The average Bonchev–Trinajstić information content (AvgIpc) is 2.81. The van der Waals surface area contributed by atoms with Crippen molar-refractivity contribution in [2.45, 2.75) is 26.1 Å². The first-order valence-electron chi connectivity index (χ1n) is 11.1. The maximum absolute atomic E-state index is 8.55. The van der Waals surface area contributed by atoms with Crippen LogP contribution in [-0.4, -0.2) is 140 Å². The van der Waals surface area contributed by atoms with Crippen LogP contribution in [0.15, 0.2) is 0 Å². The normalized spacial score (nSPS) is 12.9. The van der Waals surface area contributed by atoms with E-state index in [0.29, 0.717) is 85.9 Å². The lowest BCUT2D eigenvalue weighted by Crippen LogP contribution is -2.21. The first-order valence-corrected chi connectivity index (χ1v) is 11.1. The standard InChI is InChI=1S/C14H30O8.C7H16O3/c15-1-3-17-5-7-19-9-11-21-13-14-22-12-10-20-8-6-18-4-2-16;1-6(4-8)10-5-7(2)9-3/h15-16H,1-14H2;6-8H,4-5H2,1-3H3. The average molecular weight is 475 g/mol. The number of ether oxygens (including phenoxy) is 8. The van der Waals surface area contributed by atoms with Gasteiger partial charge in [0.25, 0.3) is 0 Å². The summed E-state index contributed by atoms with van der Waals surface area (Å²) in [6.07, 6.45) is 0.0200. The van der Waals surface area contributed by atoms with Gasteiger partial charge < -0.3 is 53.2 Å². The van der Waals surface area contributed by atoms with Crippen LogP contribution in [0.2, 0.25) is 0 Å². The van der Waals surface area contributed by atoms with Crippen molar-refractivity contribution >= 4 is 0 Å². The molecule has 3 N–H and O–H groups in total. The van der Waals surface area contributed by atoms with Gasteiger partial charge in [0, 0.05) is 7.11 Å². The molecule has 0 saturated carbocycles. The van der Waals surface area contributed by atoms with Gasteiger partial charge in [-0.1, -0.05) is 0 Å². The van der Waals surface area contributed by atoms with Crippen LogP contribution in [0.5, 0.6) is 0 Å². The number of aliphatic hydroxyl groups excluding tert-OH is 3. The number of hydrogen-bond donors (Lipinski definition) is 3. The molecule has 2 unspecified atom stereocenters. The zero-order chi connectivity index (χ0) is 24.1. The minimum absolute atomic E-state index is 0.0334. The fourth-order valence-electron chi connectivity index (χ4n) is 1.75. The lowest BCUT2D eigenvalue weighted by molar-refractivity contribution is -0.0313. The molecule has 0 aliphatic carbocycles. The van der Waals surface area contributed by atoms with E-state index in [-0.39, 0.29) is 32.0 Å². The number of aliphatic hydroxyl groups is 3. The molecular weight excluding hydrogens is 428 g/mol. The molecule has 0 radical (unpaired) electrons. The third-order valence-electron chi connectivity index (χ3n) is 3.61. The second-order valence-electron chi connectivity index (χ2n) is 6.49. The van der Waals surface area contributed by atoms with Gasteiger partial charge in [-0.15, -0.1) is 0 Å². The van der Waals surface area contributed by atoms with Gasteiger partial charge >= 0.3 is 0 Å². The fourth-order valence-corrected chi connectivity index (χ4v) is 1.75. The largest absolute Gasteiger partial charge is 0.394 e. The van der Waals surface area contributed by atoms with Crippen LogP contribution in [0, 0.1) is 0 Å². The van der Waals surface area contributed by atoms with E-state index in [0.717, 1.165) is 0 Å².